The second kappa shape index (κ2) is 9.51. The van der Waals surface area contributed by atoms with Crippen LogP contribution >= 0.6 is 12.2 Å². The highest BCUT2D eigenvalue weighted by atomic mass is 32.1. The van der Waals surface area contributed by atoms with Gasteiger partial charge in [0.25, 0.3) is 0 Å². The average Bonchev–Trinajstić information content (AvgIpc) is 3.40. The number of rotatable bonds is 7. The lowest BCUT2D eigenvalue weighted by molar-refractivity contribution is 0.0980. The van der Waals surface area contributed by atoms with Crippen molar-refractivity contribution in [2.45, 2.75) is 26.7 Å². The lowest BCUT2D eigenvalue weighted by Gasteiger charge is -2.34. The number of ether oxygens (including phenoxy) is 2. The summed E-state index contributed by atoms with van der Waals surface area (Å²) in [7, 11) is 0. The maximum absolute atomic E-state index is 5.79. The van der Waals surface area contributed by atoms with Crippen molar-refractivity contribution in [3.63, 3.8) is 0 Å². The third kappa shape index (κ3) is 4.73. The number of hydrogen-bond acceptors (Lipinski definition) is 6. The van der Waals surface area contributed by atoms with Crippen molar-refractivity contribution in [2.75, 3.05) is 33.0 Å². The summed E-state index contributed by atoms with van der Waals surface area (Å²) in [5, 5.41) is 4.90. The molecule has 33 heavy (non-hydrogen) atoms. The number of aromatic nitrogens is 3. The highest BCUT2D eigenvalue weighted by Crippen LogP contribution is 2.32. The molecule has 0 radical (unpaired) electrons. The van der Waals surface area contributed by atoms with Crippen LogP contribution in [0.5, 0.6) is 11.5 Å². The van der Waals surface area contributed by atoms with Crippen molar-refractivity contribution < 1.29 is 9.47 Å². The van der Waals surface area contributed by atoms with Gasteiger partial charge in [-0.1, -0.05) is 35.9 Å². The molecule has 172 valence electrons. The minimum Gasteiger partial charge on any atom is -0.454 e. The SMILES string of the molecule is C=CCn1c(-c2cccc(C)c2)nn(CN2CCN(Cc3ccc4c(c3)OCO4)CC2)c1=S. The van der Waals surface area contributed by atoms with Gasteiger partial charge in [0.1, 0.15) is 0 Å². The molecule has 0 bridgehead atoms. The van der Waals surface area contributed by atoms with Gasteiger partial charge in [-0.25, -0.2) is 4.68 Å². The first-order valence-corrected chi connectivity index (χ1v) is 11.7. The Morgan fingerprint density at radius 2 is 1.82 bits per heavy atom. The number of aryl methyl sites for hydroxylation is 1. The van der Waals surface area contributed by atoms with Gasteiger partial charge in [0.2, 0.25) is 6.79 Å². The second-order valence-electron chi connectivity index (χ2n) is 8.60. The van der Waals surface area contributed by atoms with E-state index in [1.165, 1.54) is 11.1 Å². The Morgan fingerprint density at radius 1 is 1.03 bits per heavy atom. The third-order valence-corrected chi connectivity index (χ3v) is 6.58. The molecule has 1 aromatic heterocycles. The van der Waals surface area contributed by atoms with Gasteiger partial charge in [0.05, 0.1) is 6.67 Å². The van der Waals surface area contributed by atoms with Crippen LogP contribution in [0.4, 0.5) is 0 Å². The number of fused-ring (bicyclic) bond motifs is 1. The molecule has 7 nitrogen and oxygen atoms in total. The Balaban J connectivity index is 1.24. The minimum absolute atomic E-state index is 0.314. The van der Waals surface area contributed by atoms with E-state index in [4.69, 9.17) is 26.8 Å². The van der Waals surface area contributed by atoms with Gasteiger partial charge >= 0.3 is 0 Å². The largest absolute Gasteiger partial charge is 0.454 e. The Hall–Kier alpha value is -2.94. The molecule has 1 saturated heterocycles. The molecular formula is C25H29N5O2S. The summed E-state index contributed by atoms with van der Waals surface area (Å²) in [6, 6.07) is 14.6. The summed E-state index contributed by atoms with van der Waals surface area (Å²) >= 11 is 5.79. The van der Waals surface area contributed by atoms with Crippen molar-refractivity contribution in [3.05, 3.63) is 71.0 Å². The molecule has 3 aromatic rings. The van der Waals surface area contributed by atoms with E-state index >= 15 is 0 Å². The summed E-state index contributed by atoms with van der Waals surface area (Å²) < 4.78 is 15.7. The topological polar surface area (TPSA) is 47.7 Å². The van der Waals surface area contributed by atoms with E-state index in [1.807, 2.05) is 16.8 Å². The van der Waals surface area contributed by atoms with E-state index in [2.05, 4.69) is 64.3 Å². The molecule has 0 atom stereocenters. The highest BCUT2D eigenvalue weighted by molar-refractivity contribution is 7.71. The molecule has 3 heterocycles. The molecule has 0 saturated carbocycles. The molecule has 5 rings (SSSR count). The van der Waals surface area contributed by atoms with Crippen LogP contribution < -0.4 is 9.47 Å². The van der Waals surface area contributed by atoms with E-state index in [-0.39, 0.29) is 0 Å². The van der Waals surface area contributed by atoms with Gasteiger partial charge in [-0.05, 0) is 42.9 Å². The lowest BCUT2D eigenvalue weighted by Crippen LogP contribution is -2.46. The van der Waals surface area contributed by atoms with E-state index in [9.17, 15) is 0 Å². The van der Waals surface area contributed by atoms with Gasteiger partial charge in [0.15, 0.2) is 22.1 Å². The number of benzene rings is 2. The van der Waals surface area contributed by atoms with Crippen LogP contribution in [0, 0.1) is 11.7 Å². The highest BCUT2D eigenvalue weighted by Gasteiger charge is 2.21. The zero-order valence-corrected chi connectivity index (χ0v) is 19.8. The second-order valence-corrected chi connectivity index (χ2v) is 8.96. The van der Waals surface area contributed by atoms with E-state index in [0.717, 1.165) is 60.4 Å². The number of piperazine rings is 1. The average molecular weight is 464 g/mol. The van der Waals surface area contributed by atoms with Crippen LogP contribution in [-0.2, 0) is 19.8 Å². The number of allylic oxidation sites excluding steroid dienone is 1. The zero-order chi connectivity index (χ0) is 22.8. The molecule has 8 heteroatoms. The van der Waals surface area contributed by atoms with E-state index in [0.29, 0.717) is 20.0 Å². The smallest absolute Gasteiger partial charge is 0.231 e. The fraction of sp³-hybridized carbons (Fsp3) is 0.360. The Morgan fingerprint density at radius 3 is 2.61 bits per heavy atom. The maximum atomic E-state index is 5.79. The molecule has 0 aliphatic carbocycles. The summed E-state index contributed by atoms with van der Waals surface area (Å²) in [4.78, 5) is 4.89. The molecule has 0 N–H and O–H groups in total. The molecule has 2 aromatic carbocycles. The third-order valence-electron chi connectivity index (χ3n) is 6.15. The predicted molar refractivity (Wildman–Crippen MR) is 131 cm³/mol. The van der Waals surface area contributed by atoms with Gasteiger partial charge in [0, 0.05) is 44.8 Å². The quantitative estimate of drug-likeness (QED) is 0.389. The molecule has 1 fully saturated rings. The first-order valence-electron chi connectivity index (χ1n) is 11.3. The predicted octanol–water partition coefficient (Wildman–Crippen LogP) is 4.08. The van der Waals surface area contributed by atoms with Gasteiger partial charge in [-0.3, -0.25) is 14.4 Å². The molecule has 0 unspecified atom stereocenters. The standard InChI is InChI=1S/C25H29N5O2S/c1-3-9-29-24(21-6-4-5-19(2)14-21)26-30(25(29)33)17-28-12-10-27(11-13-28)16-20-7-8-22-23(15-20)32-18-31-22/h3-8,14-15H,1,9-13,16-18H2,2H3. The van der Waals surface area contributed by atoms with Gasteiger partial charge in [-0.2, -0.15) is 5.10 Å². The lowest BCUT2D eigenvalue weighted by atomic mass is 10.1. The maximum Gasteiger partial charge on any atom is 0.231 e. The van der Waals surface area contributed by atoms with Crippen LogP contribution in [0.25, 0.3) is 11.4 Å². The van der Waals surface area contributed by atoms with Crippen molar-refractivity contribution in [3.8, 4) is 22.9 Å². The monoisotopic (exact) mass is 463 g/mol. The van der Waals surface area contributed by atoms with Crippen LogP contribution in [0.2, 0.25) is 0 Å². The molecule has 2 aliphatic heterocycles. The van der Waals surface area contributed by atoms with Gasteiger partial charge in [-0.15, -0.1) is 6.58 Å². The summed E-state index contributed by atoms with van der Waals surface area (Å²) in [5.74, 6) is 2.58. The van der Waals surface area contributed by atoms with Crippen LogP contribution in [0.3, 0.4) is 0 Å². The summed E-state index contributed by atoms with van der Waals surface area (Å²) in [6.07, 6.45) is 1.87. The number of hydrogen-bond donors (Lipinski definition) is 0. The van der Waals surface area contributed by atoms with Crippen molar-refractivity contribution >= 4 is 12.2 Å². The van der Waals surface area contributed by atoms with E-state index in [1.54, 1.807) is 0 Å². The summed E-state index contributed by atoms with van der Waals surface area (Å²) in [5.41, 5.74) is 3.54. The van der Waals surface area contributed by atoms with Crippen molar-refractivity contribution in [1.29, 1.82) is 0 Å². The summed E-state index contributed by atoms with van der Waals surface area (Å²) in [6.45, 7) is 12.5. The molecule has 0 amide bonds. The van der Waals surface area contributed by atoms with Crippen molar-refractivity contribution in [2.24, 2.45) is 0 Å². The fourth-order valence-corrected chi connectivity index (χ4v) is 4.66. The Kier molecular flexibility index (Phi) is 6.30. The zero-order valence-electron chi connectivity index (χ0n) is 18.9. The molecule has 0 spiro atoms. The minimum atomic E-state index is 0.314. The first-order chi connectivity index (χ1) is 16.1. The molecule has 2 aliphatic rings. The van der Waals surface area contributed by atoms with Crippen molar-refractivity contribution in [1.82, 2.24) is 24.1 Å². The number of nitrogens with zero attached hydrogens (tertiary/aromatic N) is 5. The van der Waals surface area contributed by atoms with Crippen LogP contribution in [0.1, 0.15) is 11.1 Å². The Labute approximate surface area is 199 Å². The first kappa shape index (κ1) is 21.9. The van der Waals surface area contributed by atoms with E-state index < -0.39 is 0 Å². The molecular weight excluding hydrogens is 434 g/mol. The Bertz CT molecular complexity index is 1210. The van der Waals surface area contributed by atoms with Gasteiger partial charge < -0.3 is 9.47 Å². The normalized spacial score (nSPS) is 16.3. The van der Waals surface area contributed by atoms with Crippen LogP contribution in [0.15, 0.2) is 55.1 Å². The van der Waals surface area contributed by atoms with Crippen LogP contribution in [-0.4, -0.2) is 57.1 Å². The fourth-order valence-electron chi connectivity index (χ4n) is 4.40.